The first-order chi connectivity index (χ1) is 8.99. The number of amides is 1. The monoisotopic (exact) mass is 275 g/mol. The van der Waals surface area contributed by atoms with Crippen LogP contribution in [0.3, 0.4) is 0 Å². The number of hydrogen-bond acceptors (Lipinski definition) is 3. The van der Waals surface area contributed by atoms with E-state index in [9.17, 15) is 4.79 Å². The van der Waals surface area contributed by atoms with Crippen molar-refractivity contribution in [2.24, 2.45) is 5.73 Å². The van der Waals surface area contributed by atoms with Gasteiger partial charge in [0.05, 0.1) is 11.6 Å². The minimum Gasteiger partial charge on any atom is -0.375 e. The fourth-order valence-corrected chi connectivity index (χ4v) is 2.07. The SMILES string of the molecule is [C-]#[N+]/C(C(N)=O)=C(\Nc1ccc(C(C)C)cc1)SC. The van der Waals surface area contributed by atoms with Crippen LogP contribution < -0.4 is 11.1 Å². The molecule has 0 aliphatic rings. The molecule has 0 fully saturated rings. The Morgan fingerprint density at radius 2 is 1.95 bits per heavy atom. The van der Waals surface area contributed by atoms with E-state index in [1.54, 1.807) is 6.26 Å². The number of hydrogen-bond donors (Lipinski definition) is 2. The van der Waals surface area contributed by atoms with E-state index in [1.807, 2.05) is 24.3 Å². The molecule has 0 saturated heterocycles. The Balaban J connectivity index is 3.00. The van der Waals surface area contributed by atoms with Crippen LogP contribution in [0.4, 0.5) is 5.69 Å². The second kappa shape index (κ2) is 6.86. The second-order valence-electron chi connectivity index (χ2n) is 4.26. The molecule has 0 spiro atoms. The summed E-state index contributed by atoms with van der Waals surface area (Å²) < 4.78 is 0. The van der Waals surface area contributed by atoms with Crippen molar-refractivity contribution in [3.8, 4) is 0 Å². The molecule has 1 aromatic carbocycles. The van der Waals surface area contributed by atoms with Gasteiger partial charge in [0.15, 0.2) is 0 Å². The first-order valence-electron chi connectivity index (χ1n) is 5.82. The molecule has 5 heteroatoms. The summed E-state index contributed by atoms with van der Waals surface area (Å²) >= 11 is 1.29. The summed E-state index contributed by atoms with van der Waals surface area (Å²) in [6, 6.07) is 7.89. The predicted molar refractivity (Wildman–Crippen MR) is 80.5 cm³/mol. The first kappa shape index (κ1) is 15.1. The molecule has 1 amide bonds. The van der Waals surface area contributed by atoms with Crippen LogP contribution in [0.2, 0.25) is 0 Å². The molecule has 1 rings (SSSR count). The van der Waals surface area contributed by atoms with E-state index in [2.05, 4.69) is 24.0 Å². The number of rotatable bonds is 5. The molecular weight excluding hydrogens is 258 g/mol. The normalized spacial score (nSPS) is 11.7. The molecule has 4 nitrogen and oxygen atoms in total. The summed E-state index contributed by atoms with van der Waals surface area (Å²) in [7, 11) is 0. The Morgan fingerprint density at radius 3 is 2.32 bits per heavy atom. The Labute approximate surface area is 117 Å². The molecule has 0 atom stereocenters. The fraction of sp³-hybridized carbons (Fsp3) is 0.286. The maximum atomic E-state index is 11.2. The largest absolute Gasteiger partial charge is 0.375 e. The van der Waals surface area contributed by atoms with Crippen LogP contribution in [0.25, 0.3) is 4.85 Å². The van der Waals surface area contributed by atoms with Crippen LogP contribution in [0.1, 0.15) is 25.3 Å². The zero-order chi connectivity index (χ0) is 14.4. The molecule has 0 saturated carbocycles. The lowest BCUT2D eigenvalue weighted by atomic mass is 10.0. The summed E-state index contributed by atoms with van der Waals surface area (Å²) in [5.41, 5.74) is 7.17. The average Bonchev–Trinajstić information content (AvgIpc) is 2.38. The summed E-state index contributed by atoms with van der Waals surface area (Å²) in [5.74, 6) is -0.250. The topological polar surface area (TPSA) is 59.5 Å². The molecule has 0 aliphatic carbocycles. The lowest BCUT2D eigenvalue weighted by Gasteiger charge is -2.11. The van der Waals surface area contributed by atoms with Gasteiger partial charge in [-0.15, -0.1) is 11.8 Å². The highest BCUT2D eigenvalue weighted by molar-refractivity contribution is 8.02. The molecule has 0 unspecified atom stereocenters. The average molecular weight is 275 g/mol. The van der Waals surface area contributed by atoms with Gasteiger partial charge < -0.3 is 11.1 Å². The molecule has 19 heavy (non-hydrogen) atoms. The molecule has 0 aliphatic heterocycles. The van der Waals surface area contributed by atoms with Gasteiger partial charge in [-0.1, -0.05) is 26.0 Å². The molecule has 3 N–H and O–H groups in total. The number of carbonyl (C=O) groups excluding carboxylic acids is 1. The number of nitrogens with one attached hydrogen (secondary N) is 1. The number of carbonyl (C=O) groups is 1. The number of thioether (sulfide) groups is 1. The molecule has 0 heterocycles. The van der Waals surface area contributed by atoms with Crippen LogP contribution >= 0.6 is 11.8 Å². The molecule has 0 aromatic heterocycles. The summed E-state index contributed by atoms with van der Waals surface area (Å²) in [6.45, 7) is 11.2. The van der Waals surface area contributed by atoms with Gasteiger partial charge in [-0.3, -0.25) is 4.79 Å². The van der Waals surface area contributed by atoms with Crippen molar-refractivity contribution in [3.63, 3.8) is 0 Å². The molecular formula is C14H17N3OS. The number of primary amides is 1. The van der Waals surface area contributed by atoms with Crippen molar-refractivity contribution in [1.82, 2.24) is 0 Å². The molecule has 0 bridgehead atoms. The van der Waals surface area contributed by atoms with Gasteiger partial charge in [0, 0.05) is 5.69 Å². The quantitative estimate of drug-likeness (QED) is 0.641. The summed E-state index contributed by atoms with van der Waals surface area (Å²) in [6.07, 6.45) is 1.79. The lowest BCUT2D eigenvalue weighted by molar-refractivity contribution is -0.114. The number of nitrogens with zero attached hydrogens (tertiary/aromatic N) is 1. The van der Waals surface area contributed by atoms with Crippen LogP contribution in [-0.2, 0) is 4.79 Å². The lowest BCUT2D eigenvalue weighted by Crippen LogP contribution is -2.15. The molecule has 0 radical (unpaired) electrons. The van der Waals surface area contributed by atoms with E-state index in [0.717, 1.165) is 5.69 Å². The minimum absolute atomic E-state index is 0.0690. The third-order valence-electron chi connectivity index (χ3n) is 2.60. The molecule has 100 valence electrons. The van der Waals surface area contributed by atoms with Crippen molar-refractivity contribution < 1.29 is 4.79 Å². The smallest absolute Gasteiger partial charge is 0.278 e. The van der Waals surface area contributed by atoms with E-state index in [-0.39, 0.29) is 5.70 Å². The Kier molecular flexibility index (Phi) is 5.46. The fourth-order valence-electron chi connectivity index (χ4n) is 1.51. The number of anilines is 1. The number of nitrogens with two attached hydrogens (primary N) is 1. The van der Waals surface area contributed by atoms with Crippen LogP contribution in [0, 0.1) is 6.57 Å². The maximum absolute atomic E-state index is 11.2. The van der Waals surface area contributed by atoms with Crippen molar-refractivity contribution in [3.05, 3.63) is 52.0 Å². The third kappa shape index (κ3) is 4.04. The van der Waals surface area contributed by atoms with E-state index >= 15 is 0 Å². The van der Waals surface area contributed by atoms with E-state index in [4.69, 9.17) is 12.3 Å². The first-order valence-corrected chi connectivity index (χ1v) is 7.04. The van der Waals surface area contributed by atoms with Gasteiger partial charge in [0.1, 0.15) is 0 Å². The van der Waals surface area contributed by atoms with Crippen LogP contribution in [0.5, 0.6) is 0 Å². The van der Waals surface area contributed by atoms with Gasteiger partial charge >= 0.3 is 0 Å². The van der Waals surface area contributed by atoms with Gasteiger partial charge in [-0.2, -0.15) is 0 Å². The van der Waals surface area contributed by atoms with E-state index in [0.29, 0.717) is 10.9 Å². The van der Waals surface area contributed by atoms with Gasteiger partial charge in [0.25, 0.3) is 5.70 Å². The zero-order valence-corrected chi connectivity index (χ0v) is 12.0. The second-order valence-corrected chi connectivity index (χ2v) is 5.08. The summed E-state index contributed by atoms with van der Waals surface area (Å²) in [4.78, 5) is 14.3. The van der Waals surface area contributed by atoms with Gasteiger partial charge in [-0.25, -0.2) is 4.85 Å². The zero-order valence-electron chi connectivity index (χ0n) is 11.2. The Morgan fingerprint density at radius 1 is 1.37 bits per heavy atom. The van der Waals surface area contributed by atoms with Gasteiger partial charge in [0.2, 0.25) is 5.91 Å². The molecule has 1 aromatic rings. The number of benzene rings is 1. The predicted octanol–water partition coefficient (Wildman–Crippen LogP) is 3.16. The minimum atomic E-state index is -0.717. The Hall–Kier alpha value is -1.93. The van der Waals surface area contributed by atoms with E-state index < -0.39 is 5.91 Å². The summed E-state index contributed by atoms with van der Waals surface area (Å²) in [5, 5.41) is 3.53. The highest BCUT2D eigenvalue weighted by Crippen LogP contribution is 2.23. The van der Waals surface area contributed by atoms with E-state index in [1.165, 1.54) is 17.3 Å². The van der Waals surface area contributed by atoms with Crippen molar-refractivity contribution in [1.29, 1.82) is 0 Å². The van der Waals surface area contributed by atoms with Crippen molar-refractivity contribution in [2.45, 2.75) is 19.8 Å². The van der Waals surface area contributed by atoms with Crippen molar-refractivity contribution in [2.75, 3.05) is 11.6 Å². The Bertz CT molecular complexity index is 527. The van der Waals surface area contributed by atoms with Crippen LogP contribution in [0.15, 0.2) is 35.0 Å². The highest BCUT2D eigenvalue weighted by Gasteiger charge is 2.12. The highest BCUT2D eigenvalue weighted by atomic mass is 32.2. The van der Waals surface area contributed by atoms with Gasteiger partial charge in [-0.05, 0) is 29.9 Å². The third-order valence-corrected chi connectivity index (χ3v) is 3.30. The standard InChI is InChI=1S/C14H17N3OS/c1-9(2)10-5-7-11(8-6-10)17-14(19-4)12(16-3)13(15)18/h5-9,17H,1-2,4H3,(H2,15,18)/b14-12+. The van der Waals surface area contributed by atoms with Crippen LogP contribution in [-0.4, -0.2) is 12.2 Å². The van der Waals surface area contributed by atoms with Crippen molar-refractivity contribution >= 4 is 23.4 Å². The maximum Gasteiger partial charge on any atom is 0.278 e.